The molecule has 1 aliphatic carbocycles. The van der Waals surface area contributed by atoms with Gasteiger partial charge in [0, 0.05) is 6.42 Å². The third-order valence-electron chi connectivity index (χ3n) is 3.91. The Hall–Kier alpha value is -1.79. The van der Waals surface area contributed by atoms with Gasteiger partial charge in [-0.25, -0.2) is 0 Å². The van der Waals surface area contributed by atoms with E-state index in [2.05, 4.69) is 29.4 Å². The van der Waals surface area contributed by atoms with Crippen molar-refractivity contribution in [2.45, 2.75) is 51.1 Å². The molecule has 0 spiro atoms. The molecule has 3 N–H and O–H groups in total. The SMILES string of the molecule is C#CCC(N)C(=O)NC(C)c1ccc2c(c1)CCCC2. The molecule has 1 aliphatic rings. The summed E-state index contributed by atoms with van der Waals surface area (Å²) < 4.78 is 0. The number of hydrogen-bond donors (Lipinski definition) is 2. The minimum atomic E-state index is -0.625. The van der Waals surface area contributed by atoms with Gasteiger partial charge in [0.1, 0.15) is 0 Å². The summed E-state index contributed by atoms with van der Waals surface area (Å²) in [6.45, 7) is 1.98. The standard InChI is InChI=1S/C17H22N2O/c1-3-6-16(18)17(20)19-12(2)14-10-9-13-7-4-5-8-15(13)11-14/h1,9-12,16H,4-8,18H2,2H3,(H,19,20). The fraction of sp³-hybridized carbons (Fsp3) is 0.471. The van der Waals surface area contributed by atoms with Crippen LogP contribution >= 0.6 is 0 Å². The first-order valence-electron chi connectivity index (χ1n) is 7.23. The van der Waals surface area contributed by atoms with Crippen molar-refractivity contribution in [2.75, 3.05) is 0 Å². The minimum Gasteiger partial charge on any atom is -0.348 e. The summed E-state index contributed by atoms with van der Waals surface area (Å²) in [5.41, 5.74) is 9.71. The molecular formula is C17H22N2O. The highest BCUT2D eigenvalue weighted by Crippen LogP contribution is 2.24. The van der Waals surface area contributed by atoms with E-state index in [1.807, 2.05) is 6.92 Å². The molecule has 3 heteroatoms. The molecular weight excluding hydrogens is 248 g/mol. The topological polar surface area (TPSA) is 55.1 Å². The van der Waals surface area contributed by atoms with Gasteiger partial charge in [0.2, 0.25) is 5.91 Å². The lowest BCUT2D eigenvalue weighted by atomic mass is 9.89. The molecule has 2 unspecified atom stereocenters. The summed E-state index contributed by atoms with van der Waals surface area (Å²) in [6.07, 6.45) is 10.3. The van der Waals surface area contributed by atoms with Crippen molar-refractivity contribution >= 4 is 5.91 Å². The number of fused-ring (bicyclic) bond motifs is 1. The molecule has 0 saturated carbocycles. The van der Waals surface area contributed by atoms with Crippen molar-refractivity contribution < 1.29 is 4.79 Å². The van der Waals surface area contributed by atoms with E-state index in [1.165, 1.54) is 30.4 Å². The first kappa shape index (κ1) is 14.6. The zero-order valence-electron chi connectivity index (χ0n) is 12.0. The fourth-order valence-corrected chi connectivity index (χ4v) is 2.65. The maximum atomic E-state index is 11.9. The summed E-state index contributed by atoms with van der Waals surface area (Å²) in [6, 6.07) is 5.83. The Bertz CT molecular complexity index is 530. The third-order valence-corrected chi connectivity index (χ3v) is 3.91. The molecule has 2 rings (SSSR count). The Morgan fingerprint density at radius 3 is 2.80 bits per heavy atom. The summed E-state index contributed by atoms with van der Waals surface area (Å²) in [5.74, 6) is 2.23. The van der Waals surface area contributed by atoms with Gasteiger partial charge in [0.15, 0.2) is 0 Å². The lowest BCUT2D eigenvalue weighted by Crippen LogP contribution is -2.41. The van der Waals surface area contributed by atoms with Gasteiger partial charge >= 0.3 is 0 Å². The minimum absolute atomic E-state index is 0.0430. The van der Waals surface area contributed by atoms with Crippen LogP contribution in [0.25, 0.3) is 0 Å². The number of rotatable bonds is 4. The molecule has 0 aliphatic heterocycles. The molecule has 0 bridgehead atoms. The van der Waals surface area contributed by atoms with Crippen LogP contribution in [0.2, 0.25) is 0 Å². The second-order valence-electron chi connectivity index (χ2n) is 5.48. The quantitative estimate of drug-likeness (QED) is 0.823. The van der Waals surface area contributed by atoms with Crippen LogP contribution in [-0.4, -0.2) is 11.9 Å². The average Bonchev–Trinajstić information content (AvgIpc) is 2.46. The van der Waals surface area contributed by atoms with Gasteiger partial charge in [-0.1, -0.05) is 18.2 Å². The maximum absolute atomic E-state index is 11.9. The van der Waals surface area contributed by atoms with Gasteiger partial charge in [0.05, 0.1) is 12.1 Å². The molecule has 0 saturated heterocycles. The average molecular weight is 270 g/mol. The van der Waals surface area contributed by atoms with E-state index in [4.69, 9.17) is 12.2 Å². The molecule has 1 amide bonds. The van der Waals surface area contributed by atoms with Crippen LogP contribution in [0, 0.1) is 12.3 Å². The second-order valence-corrected chi connectivity index (χ2v) is 5.48. The molecule has 0 heterocycles. The zero-order valence-corrected chi connectivity index (χ0v) is 12.0. The van der Waals surface area contributed by atoms with E-state index in [1.54, 1.807) is 0 Å². The molecule has 3 nitrogen and oxygen atoms in total. The van der Waals surface area contributed by atoms with Crippen molar-refractivity contribution in [1.82, 2.24) is 5.32 Å². The Labute approximate surface area is 120 Å². The number of carbonyl (C=O) groups excluding carboxylic acids is 1. The predicted molar refractivity (Wildman–Crippen MR) is 81.1 cm³/mol. The Morgan fingerprint density at radius 2 is 2.10 bits per heavy atom. The van der Waals surface area contributed by atoms with E-state index in [9.17, 15) is 4.79 Å². The van der Waals surface area contributed by atoms with Crippen molar-refractivity contribution in [1.29, 1.82) is 0 Å². The highest BCUT2D eigenvalue weighted by Gasteiger charge is 2.17. The number of terminal acetylenes is 1. The first-order valence-corrected chi connectivity index (χ1v) is 7.23. The van der Waals surface area contributed by atoms with Gasteiger partial charge < -0.3 is 11.1 Å². The van der Waals surface area contributed by atoms with Crippen LogP contribution in [-0.2, 0) is 17.6 Å². The van der Waals surface area contributed by atoms with Crippen LogP contribution < -0.4 is 11.1 Å². The summed E-state index contributed by atoms with van der Waals surface area (Å²) in [7, 11) is 0. The summed E-state index contributed by atoms with van der Waals surface area (Å²) in [4.78, 5) is 11.9. The number of nitrogens with one attached hydrogen (secondary N) is 1. The Kier molecular flexibility index (Phi) is 4.81. The van der Waals surface area contributed by atoms with Gasteiger partial charge in [-0.3, -0.25) is 4.79 Å². The van der Waals surface area contributed by atoms with E-state index in [-0.39, 0.29) is 18.4 Å². The number of hydrogen-bond acceptors (Lipinski definition) is 2. The molecule has 20 heavy (non-hydrogen) atoms. The van der Waals surface area contributed by atoms with Crippen LogP contribution in [0.5, 0.6) is 0 Å². The van der Waals surface area contributed by atoms with Crippen molar-refractivity contribution in [3.05, 3.63) is 34.9 Å². The number of aryl methyl sites for hydroxylation is 2. The van der Waals surface area contributed by atoms with Crippen LogP contribution in [0.4, 0.5) is 0 Å². The molecule has 0 fully saturated rings. The van der Waals surface area contributed by atoms with E-state index in [0.29, 0.717) is 0 Å². The van der Waals surface area contributed by atoms with Crippen molar-refractivity contribution in [3.63, 3.8) is 0 Å². The molecule has 106 valence electrons. The van der Waals surface area contributed by atoms with E-state index >= 15 is 0 Å². The molecule has 2 atom stereocenters. The van der Waals surface area contributed by atoms with E-state index in [0.717, 1.165) is 12.0 Å². The Morgan fingerprint density at radius 1 is 1.40 bits per heavy atom. The van der Waals surface area contributed by atoms with Crippen LogP contribution in [0.3, 0.4) is 0 Å². The predicted octanol–water partition coefficient (Wildman–Crippen LogP) is 2.09. The maximum Gasteiger partial charge on any atom is 0.238 e. The molecule has 1 aromatic carbocycles. The zero-order chi connectivity index (χ0) is 14.5. The van der Waals surface area contributed by atoms with Crippen LogP contribution in [0.1, 0.15) is 48.9 Å². The molecule has 0 aromatic heterocycles. The van der Waals surface area contributed by atoms with Crippen molar-refractivity contribution in [2.24, 2.45) is 5.73 Å². The number of nitrogens with two attached hydrogens (primary N) is 1. The normalized spacial score (nSPS) is 16.6. The Balaban J connectivity index is 2.04. The summed E-state index contributed by atoms with van der Waals surface area (Å²) in [5, 5.41) is 2.93. The summed E-state index contributed by atoms with van der Waals surface area (Å²) >= 11 is 0. The van der Waals surface area contributed by atoms with Gasteiger partial charge in [-0.15, -0.1) is 12.3 Å². The smallest absolute Gasteiger partial charge is 0.238 e. The number of amides is 1. The lowest BCUT2D eigenvalue weighted by Gasteiger charge is -2.21. The van der Waals surface area contributed by atoms with Crippen molar-refractivity contribution in [3.8, 4) is 12.3 Å². The van der Waals surface area contributed by atoms with E-state index < -0.39 is 6.04 Å². The molecule has 0 radical (unpaired) electrons. The third kappa shape index (κ3) is 3.40. The number of benzene rings is 1. The van der Waals surface area contributed by atoms with Gasteiger partial charge in [0.25, 0.3) is 0 Å². The van der Waals surface area contributed by atoms with Gasteiger partial charge in [-0.2, -0.15) is 0 Å². The monoisotopic (exact) mass is 270 g/mol. The lowest BCUT2D eigenvalue weighted by molar-refractivity contribution is -0.122. The van der Waals surface area contributed by atoms with Gasteiger partial charge in [-0.05, 0) is 49.3 Å². The molecule has 1 aromatic rings. The number of carbonyl (C=O) groups is 1. The van der Waals surface area contributed by atoms with Crippen LogP contribution in [0.15, 0.2) is 18.2 Å². The second kappa shape index (κ2) is 6.58. The first-order chi connectivity index (χ1) is 9.61. The highest BCUT2D eigenvalue weighted by atomic mass is 16.2. The largest absolute Gasteiger partial charge is 0.348 e. The fourth-order valence-electron chi connectivity index (χ4n) is 2.65. The highest BCUT2D eigenvalue weighted by molar-refractivity contribution is 5.82.